The Hall–Kier alpha value is -1.46. The summed E-state index contributed by atoms with van der Waals surface area (Å²) in [6.07, 6.45) is 0. The highest BCUT2D eigenvalue weighted by Gasteiger charge is 2.21. The molecule has 0 radical (unpaired) electrons. The van der Waals surface area contributed by atoms with E-state index in [0.29, 0.717) is 23.0 Å². The molecule has 1 aromatic carbocycles. The summed E-state index contributed by atoms with van der Waals surface area (Å²) in [6.45, 7) is 5.92. The van der Waals surface area contributed by atoms with Crippen LogP contribution in [0.25, 0.3) is 0 Å². The second-order valence-corrected chi connectivity index (χ2v) is 5.51. The SMILES string of the molecule is CCN(CC(C)(C)O)C(=O)Nc1ccc(OC)c(Cl)c1. The van der Waals surface area contributed by atoms with Gasteiger partial charge >= 0.3 is 6.03 Å². The molecule has 0 saturated carbocycles. The topological polar surface area (TPSA) is 61.8 Å². The molecule has 0 aliphatic rings. The predicted molar refractivity (Wildman–Crippen MR) is 80.6 cm³/mol. The lowest BCUT2D eigenvalue weighted by molar-refractivity contribution is 0.0501. The lowest BCUT2D eigenvalue weighted by Crippen LogP contribution is -2.44. The minimum Gasteiger partial charge on any atom is -0.495 e. The van der Waals surface area contributed by atoms with Crippen LogP contribution in [0.15, 0.2) is 18.2 Å². The van der Waals surface area contributed by atoms with E-state index in [9.17, 15) is 9.90 Å². The van der Waals surface area contributed by atoms with Crippen LogP contribution in [0.1, 0.15) is 20.8 Å². The number of nitrogens with one attached hydrogen (secondary N) is 1. The number of aliphatic hydroxyl groups is 1. The largest absolute Gasteiger partial charge is 0.495 e. The molecule has 2 amide bonds. The van der Waals surface area contributed by atoms with Crippen LogP contribution in [0.4, 0.5) is 10.5 Å². The number of carbonyl (C=O) groups excluding carboxylic acids is 1. The van der Waals surface area contributed by atoms with Crippen molar-refractivity contribution in [3.63, 3.8) is 0 Å². The molecule has 1 rings (SSSR count). The maximum absolute atomic E-state index is 12.1. The molecule has 6 heteroatoms. The van der Waals surface area contributed by atoms with Gasteiger partial charge in [0.05, 0.1) is 24.3 Å². The van der Waals surface area contributed by atoms with Gasteiger partial charge in [0.2, 0.25) is 0 Å². The Morgan fingerprint density at radius 1 is 1.50 bits per heavy atom. The lowest BCUT2D eigenvalue weighted by Gasteiger charge is -2.28. The van der Waals surface area contributed by atoms with Crippen molar-refractivity contribution in [3.8, 4) is 5.75 Å². The zero-order valence-corrected chi connectivity index (χ0v) is 13.0. The summed E-state index contributed by atoms with van der Waals surface area (Å²) in [5.41, 5.74) is -0.361. The van der Waals surface area contributed by atoms with Crippen LogP contribution in [-0.4, -0.2) is 41.8 Å². The van der Waals surface area contributed by atoms with Crippen LogP contribution in [-0.2, 0) is 0 Å². The fraction of sp³-hybridized carbons (Fsp3) is 0.500. The van der Waals surface area contributed by atoms with Crippen LogP contribution < -0.4 is 10.1 Å². The molecule has 0 spiro atoms. The third-order valence-corrected chi connectivity index (χ3v) is 2.95. The van der Waals surface area contributed by atoms with E-state index in [1.165, 1.54) is 12.0 Å². The van der Waals surface area contributed by atoms with Crippen molar-refractivity contribution in [2.24, 2.45) is 0 Å². The van der Waals surface area contributed by atoms with Gasteiger partial charge < -0.3 is 20.1 Å². The van der Waals surface area contributed by atoms with Crippen molar-refractivity contribution >= 4 is 23.3 Å². The van der Waals surface area contributed by atoms with Gasteiger partial charge in [-0.2, -0.15) is 0 Å². The summed E-state index contributed by atoms with van der Waals surface area (Å²) in [5.74, 6) is 0.550. The van der Waals surface area contributed by atoms with Crippen molar-refractivity contribution in [2.75, 3.05) is 25.5 Å². The van der Waals surface area contributed by atoms with Crippen molar-refractivity contribution in [2.45, 2.75) is 26.4 Å². The summed E-state index contributed by atoms with van der Waals surface area (Å²) in [7, 11) is 1.53. The van der Waals surface area contributed by atoms with Crippen LogP contribution in [0, 0.1) is 0 Å². The lowest BCUT2D eigenvalue weighted by atomic mass is 10.1. The molecule has 0 saturated heterocycles. The second-order valence-electron chi connectivity index (χ2n) is 5.11. The highest BCUT2D eigenvalue weighted by molar-refractivity contribution is 6.32. The Morgan fingerprint density at radius 2 is 2.15 bits per heavy atom. The van der Waals surface area contributed by atoms with Gasteiger partial charge in [0, 0.05) is 12.2 Å². The summed E-state index contributed by atoms with van der Waals surface area (Å²) in [6, 6.07) is 4.73. The van der Waals surface area contributed by atoms with Crippen molar-refractivity contribution in [1.82, 2.24) is 4.90 Å². The summed E-state index contributed by atoms with van der Waals surface area (Å²) in [5, 5.41) is 13.0. The van der Waals surface area contributed by atoms with E-state index in [1.807, 2.05) is 6.92 Å². The van der Waals surface area contributed by atoms with E-state index in [-0.39, 0.29) is 12.6 Å². The predicted octanol–water partition coefficient (Wildman–Crippen LogP) is 2.97. The molecule has 112 valence electrons. The summed E-state index contributed by atoms with van der Waals surface area (Å²) >= 11 is 6.00. The number of amides is 2. The Morgan fingerprint density at radius 3 is 2.60 bits per heavy atom. The number of ether oxygens (including phenoxy) is 1. The van der Waals surface area contributed by atoms with Gasteiger partial charge in [0.1, 0.15) is 5.75 Å². The van der Waals surface area contributed by atoms with Crippen molar-refractivity contribution < 1.29 is 14.6 Å². The zero-order chi connectivity index (χ0) is 15.3. The molecule has 5 nitrogen and oxygen atoms in total. The molecule has 20 heavy (non-hydrogen) atoms. The van der Waals surface area contributed by atoms with Crippen LogP contribution >= 0.6 is 11.6 Å². The number of anilines is 1. The molecule has 0 heterocycles. The maximum atomic E-state index is 12.1. The van der Waals surface area contributed by atoms with Gasteiger partial charge in [-0.25, -0.2) is 4.79 Å². The number of benzene rings is 1. The first kappa shape index (κ1) is 16.6. The fourth-order valence-corrected chi connectivity index (χ4v) is 2.00. The highest BCUT2D eigenvalue weighted by atomic mass is 35.5. The van der Waals surface area contributed by atoms with Gasteiger partial charge in [-0.3, -0.25) is 0 Å². The highest BCUT2D eigenvalue weighted by Crippen LogP contribution is 2.27. The molecular weight excluding hydrogens is 280 g/mol. The fourth-order valence-electron chi connectivity index (χ4n) is 1.74. The molecule has 1 aromatic rings. The first-order chi connectivity index (χ1) is 9.26. The Labute approximate surface area is 124 Å². The van der Waals surface area contributed by atoms with Crippen LogP contribution in [0.5, 0.6) is 5.75 Å². The number of likely N-dealkylation sites (N-methyl/N-ethyl adjacent to an activating group) is 1. The molecule has 0 bridgehead atoms. The number of hydrogen-bond acceptors (Lipinski definition) is 3. The Bertz CT molecular complexity index is 472. The van der Waals surface area contributed by atoms with E-state index in [2.05, 4.69) is 5.32 Å². The third-order valence-electron chi connectivity index (χ3n) is 2.65. The number of carbonyl (C=O) groups is 1. The Kier molecular flexibility index (Phi) is 5.65. The smallest absolute Gasteiger partial charge is 0.321 e. The first-order valence-corrected chi connectivity index (χ1v) is 6.76. The van der Waals surface area contributed by atoms with E-state index in [4.69, 9.17) is 16.3 Å². The molecule has 0 aliphatic carbocycles. The first-order valence-electron chi connectivity index (χ1n) is 6.38. The van der Waals surface area contributed by atoms with Crippen LogP contribution in [0.3, 0.4) is 0 Å². The number of methoxy groups -OCH3 is 1. The monoisotopic (exact) mass is 300 g/mol. The molecule has 0 aromatic heterocycles. The molecule has 0 fully saturated rings. The standard InChI is InChI=1S/C14H21ClN2O3/c1-5-17(9-14(2,3)19)13(18)16-10-6-7-12(20-4)11(15)8-10/h6-8,19H,5,9H2,1-4H3,(H,16,18). The third kappa shape index (κ3) is 4.90. The summed E-state index contributed by atoms with van der Waals surface area (Å²) < 4.78 is 5.05. The minimum atomic E-state index is -0.940. The van der Waals surface area contributed by atoms with Crippen molar-refractivity contribution in [1.29, 1.82) is 0 Å². The van der Waals surface area contributed by atoms with E-state index < -0.39 is 5.60 Å². The molecule has 2 N–H and O–H groups in total. The van der Waals surface area contributed by atoms with Gasteiger partial charge in [-0.05, 0) is 39.0 Å². The molecular formula is C14H21ClN2O3. The van der Waals surface area contributed by atoms with E-state index in [1.54, 1.807) is 32.0 Å². The maximum Gasteiger partial charge on any atom is 0.321 e. The van der Waals surface area contributed by atoms with Crippen LogP contribution in [0.2, 0.25) is 5.02 Å². The normalized spacial score (nSPS) is 11.1. The number of hydrogen-bond donors (Lipinski definition) is 2. The summed E-state index contributed by atoms with van der Waals surface area (Å²) in [4.78, 5) is 13.6. The minimum absolute atomic E-state index is 0.249. The quantitative estimate of drug-likeness (QED) is 0.879. The van der Waals surface area contributed by atoms with Gasteiger partial charge in [0.15, 0.2) is 0 Å². The number of rotatable bonds is 5. The van der Waals surface area contributed by atoms with E-state index >= 15 is 0 Å². The average molecular weight is 301 g/mol. The number of nitrogens with zero attached hydrogens (tertiary/aromatic N) is 1. The average Bonchev–Trinajstić information content (AvgIpc) is 2.35. The molecule has 0 aliphatic heterocycles. The van der Waals surface area contributed by atoms with Gasteiger partial charge in [-0.15, -0.1) is 0 Å². The van der Waals surface area contributed by atoms with Crippen molar-refractivity contribution in [3.05, 3.63) is 23.2 Å². The van der Waals surface area contributed by atoms with Gasteiger partial charge in [0.25, 0.3) is 0 Å². The molecule has 0 unspecified atom stereocenters. The zero-order valence-electron chi connectivity index (χ0n) is 12.2. The second kappa shape index (κ2) is 6.81. The molecule has 0 atom stereocenters. The van der Waals surface area contributed by atoms with Gasteiger partial charge in [-0.1, -0.05) is 11.6 Å². The van der Waals surface area contributed by atoms with E-state index in [0.717, 1.165) is 0 Å². The number of halogens is 1. The Balaban J connectivity index is 2.76. The number of urea groups is 1.